The van der Waals surface area contributed by atoms with Gasteiger partial charge in [0, 0.05) is 45.0 Å². The third kappa shape index (κ3) is 4.14. The monoisotopic (exact) mass is 388 g/mol. The Morgan fingerprint density at radius 2 is 2.07 bits per heavy atom. The predicted molar refractivity (Wildman–Crippen MR) is 101 cm³/mol. The Labute approximate surface area is 162 Å². The van der Waals surface area contributed by atoms with E-state index in [2.05, 4.69) is 14.9 Å². The molecular formula is C19H21ClN4O3. The lowest BCUT2D eigenvalue weighted by Crippen LogP contribution is -2.49. The van der Waals surface area contributed by atoms with Crippen LogP contribution >= 0.6 is 11.6 Å². The van der Waals surface area contributed by atoms with Gasteiger partial charge in [0.15, 0.2) is 0 Å². The van der Waals surface area contributed by atoms with Crippen LogP contribution in [0.2, 0.25) is 5.02 Å². The predicted octanol–water partition coefficient (Wildman–Crippen LogP) is 2.26. The van der Waals surface area contributed by atoms with Crippen molar-refractivity contribution in [3.05, 3.63) is 47.2 Å². The maximum Gasteiger partial charge on any atom is 0.255 e. The minimum absolute atomic E-state index is 0.0313. The SMILES string of the molecule is O=C(c1cnc(O[C@H]2CCOC2)c(Cl)c1)N1CCN(c2ccccn2)CC1. The highest BCUT2D eigenvalue weighted by Gasteiger charge is 2.24. The van der Waals surface area contributed by atoms with Gasteiger partial charge in [-0.1, -0.05) is 17.7 Å². The lowest BCUT2D eigenvalue weighted by molar-refractivity contribution is 0.0746. The van der Waals surface area contributed by atoms with Crippen molar-refractivity contribution in [2.24, 2.45) is 0 Å². The largest absolute Gasteiger partial charge is 0.471 e. The molecule has 0 bridgehead atoms. The smallest absolute Gasteiger partial charge is 0.255 e. The standard InChI is InChI=1S/C19H21ClN4O3/c20-16-11-14(12-22-18(16)27-15-4-10-26-13-15)19(25)24-8-6-23(7-9-24)17-3-1-2-5-21-17/h1-3,5,11-12,15H,4,6-10,13H2/t15-/m0/s1. The molecule has 2 aromatic heterocycles. The highest BCUT2D eigenvalue weighted by molar-refractivity contribution is 6.32. The molecule has 0 N–H and O–H groups in total. The maximum absolute atomic E-state index is 12.8. The number of halogens is 1. The number of amides is 1. The van der Waals surface area contributed by atoms with Crippen LogP contribution in [0.5, 0.6) is 5.88 Å². The number of hydrogen-bond acceptors (Lipinski definition) is 6. The van der Waals surface area contributed by atoms with Gasteiger partial charge >= 0.3 is 0 Å². The molecule has 0 unspecified atom stereocenters. The van der Waals surface area contributed by atoms with Gasteiger partial charge in [-0.15, -0.1) is 0 Å². The van der Waals surface area contributed by atoms with E-state index in [0.29, 0.717) is 42.8 Å². The van der Waals surface area contributed by atoms with E-state index in [1.807, 2.05) is 23.1 Å². The maximum atomic E-state index is 12.8. The molecule has 4 heterocycles. The number of rotatable bonds is 4. The summed E-state index contributed by atoms with van der Waals surface area (Å²) in [5, 5.41) is 0.347. The Morgan fingerprint density at radius 1 is 1.22 bits per heavy atom. The molecule has 0 aromatic carbocycles. The van der Waals surface area contributed by atoms with E-state index in [1.54, 1.807) is 12.3 Å². The fraction of sp³-hybridized carbons (Fsp3) is 0.421. The van der Waals surface area contributed by atoms with E-state index in [1.165, 1.54) is 6.20 Å². The molecule has 0 spiro atoms. The molecule has 2 fully saturated rings. The van der Waals surface area contributed by atoms with Crippen LogP contribution in [0.1, 0.15) is 16.8 Å². The van der Waals surface area contributed by atoms with E-state index < -0.39 is 0 Å². The summed E-state index contributed by atoms with van der Waals surface area (Å²) in [5.41, 5.74) is 0.473. The molecular weight excluding hydrogens is 368 g/mol. The second-order valence-electron chi connectivity index (χ2n) is 6.58. The van der Waals surface area contributed by atoms with E-state index >= 15 is 0 Å². The van der Waals surface area contributed by atoms with Gasteiger partial charge in [-0.25, -0.2) is 9.97 Å². The number of pyridine rings is 2. The summed E-state index contributed by atoms with van der Waals surface area (Å²) in [4.78, 5) is 25.4. The molecule has 2 aromatic rings. The zero-order chi connectivity index (χ0) is 18.6. The first-order valence-electron chi connectivity index (χ1n) is 9.06. The van der Waals surface area contributed by atoms with Crippen molar-refractivity contribution in [2.75, 3.05) is 44.3 Å². The van der Waals surface area contributed by atoms with Crippen molar-refractivity contribution in [1.29, 1.82) is 0 Å². The van der Waals surface area contributed by atoms with Crippen molar-refractivity contribution in [3.63, 3.8) is 0 Å². The van der Waals surface area contributed by atoms with Crippen molar-refractivity contribution < 1.29 is 14.3 Å². The summed E-state index contributed by atoms with van der Waals surface area (Å²) in [6.07, 6.45) is 4.10. The minimum atomic E-state index is -0.0687. The Balaban J connectivity index is 1.37. The van der Waals surface area contributed by atoms with Gasteiger partial charge in [0.2, 0.25) is 5.88 Å². The summed E-state index contributed by atoms with van der Waals surface area (Å²) >= 11 is 6.28. The average molecular weight is 389 g/mol. The lowest BCUT2D eigenvalue weighted by Gasteiger charge is -2.35. The summed E-state index contributed by atoms with van der Waals surface area (Å²) < 4.78 is 11.0. The van der Waals surface area contributed by atoms with Crippen LogP contribution < -0.4 is 9.64 Å². The number of anilines is 1. The zero-order valence-corrected chi connectivity index (χ0v) is 15.6. The fourth-order valence-electron chi connectivity index (χ4n) is 3.25. The normalized spacial score (nSPS) is 20.0. The van der Waals surface area contributed by atoms with Crippen molar-refractivity contribution >= 4 is 23.3 Å². The molecule has 2 saturated heterocycles. The van der Waals surface area contributed by atoms with Crippen LogP contribution in [-0.4, -0.2) is 66.3 Å². The second kappa shape index (κ2) is 8.10. The molecule has 8 heteroatoms. The second-order valence-corrected chi connectivity index (χ2v) is 6.99. The molecule has 27 heavy (non-hydrogen) atoms. The summed E-state index contributed by atoms with van der Waals surface area (Å²) in [7, 11) is 0. The highest BCUT2D eigenvalue weighted by Crippen LogP contribution is 2.26. The van der Waals surface area contributed by atoms with Crippen LogP contribution in [0.3, 0.4) is 0 Å². The summed E-state index contributed by atoms with van der Waals surface area (Å²) in [6.45, 7) is 3.97. The number of hydrogen-bond donors (Lipinski definition) is 0. The van der Waals surface area contributed by atoms with Gasteiger partial charge in [0.05, 0.1) is 18.8 Å². The van der Waals surface area contributed by atoms with Gasteiger partial charge < -0.3 is 19.3 Å². The molecule has 142 valence electrons. The lowest BCUT2D eigenvalue weighted by atomic mass is 10.2. The summed E-state index contributed by atoms with van der Waals surface area (Å²) in [6, 6.07) is 7.48. The fourth-order valence-corrected chi connectivity index (χ4v) is 3.47. The molecule has 0 saturated carbocycles. The van der Waals surface area contributed by atoms with Crippen molar-refractivity contribution in [2.45, 2.75) is 12.5 Å². The van der Waals surface area contributed by atoms with Crippen molar-refractivity contribution in [1.82, 2.24) is 14.9 Å². The van der Waals surface area contributed by atoms with Gasteiger partial charge in [-0.2, -0.15) is 0 Å². The number of piperazine rings is 1. The number of aromatic nitrogens is 2. The van der Waals surface area contributed by atoms with Crippen LogP contribution in [0.15, 0.2) is 36.7 Å². The third-order valence-electron chi connectivity index (χ3n) is 4.76. The topological polar surface area (TPSA) is 67.8 Å². The van der Waals surface area contributed by atoms with E-state index in [0.717, 1.165) is 25.3 Å². The molecule has 7 nitrogen and oxygen atoms in total. The first-order chi connectivity index (χ1) is 13.2. The minimum Gasteiger partial charge on any atom is -0.471 e. The van der Waals surface area contributed by atoms with Gasteiger partial charge in [-0.3, -0.25) is 4.79 Å². The number of carbonyl (C=O) groups excluding carboxylic acids is 1. The molecule has 1 amide bonds. The van der Waals surface area contributed by atoms with Crippen LogP contribution in [0.25, 0.3) is 0 Å². The first kappa shape index (κ1) is 18.0. The molecule has 2 aliphatic heterocycles. The molecule has 1 atom stereocenters. The average Bonchev–Trinajstić information content (AvgIpc) is 3.23. The Morgan fingerprint density at radius 3 is 2.74 bits per heavy atom. The zero-order valence-electron chi connectivity index (χ0n) is 14.9. The molecule has 0 radical (unpaired) electrons. The third-order valence-corrected chi connectivity index (χ3v) is 5.03. The van der Waals surface area contributed by atoms with E-state index in [9.17, 15) is 4.79 Å². The first-order valence-corrected chi connectivity index (χ1v) is 9.44. The Hall–Kier alpha value is -2.38. The van der Waals surface area contributed by atoms with Gasteiger partial charge in [-0.05, 0) is 18.2 Å². The molecule has 2 aliphatic rings. The van der Waals surface area contributed by atoms with Crippen LogP contribution in [-0.2, 0) is 4.74 Å². The number of nitrogens with zero attached hydrogens (tertiary/aromatic N) is 4. The van der Waals surface area contributed by atoms with Gasteiger partial charge in [0.25, 0.3) is 5.91 Å². The quantitative estimate of drug-likeness (QED) is 0.800. The van der Waals surface area contributed by atoms with Gasteiger partial charge in [0.1, 0.15) is 16.9 Å². The van der Waals surface area contributed by atoms with Crippen LogP contribution in [0, 0.1) is 0 Å². The molecule has 4 rings (SSSR count). The highest BCUT2D eigenvalue weighted by atomic mass is 35.5. The number of ether oxygens (including phenoxy) is 2. The van der Waals surface area contributed by atoms with Crippen LogP contribution in [0.4, 0.5) is 5.82 Å². The van der Waals surface area contributed by atoms with E-state index in [4.69, 9.17) is 21.1 Å². The Bertz CT molecular complexity index is 791. The number of carbonyl (C=O) groups is 1. The Kier molecular flexibility index (Phi) is 5.40. The summed E-state index contributed by atoms with van der Waals surface area (Å²) in [5.74, 6) is 1.22. The van der Waals surface area contributed by atoms with Crippen molar-refractivity contribution in [3.8, 4) is 5.88 Å². The van der Waals surface area contributed by atoms with E-state index in [-0.39, 0.29) is 12.0 Å². The molecule has 0 aliphatic carbocycles.